The molecule has 0 radical (unpaired) electrons. The van der Waals surface area contributed by atoms with E-state index < -0.39 is 0 Å². The van der Waals surface area contributed by atoms with Gasteiger partial charge in [-0.05, 0) is 40.2 Å². The first-order valence-electron chi connectivity index (χ1n) is 5.91. The summed E-state index contributed by atoms with van der Waals surface area (Å²) in [6, 6.07) is 0.493. The van der Waals surface area contributed by atoms with Crippen LogP contribution in [0.2, 0.25) is 0 Å². The molecule has 2 N–H and O–H groups in total. The molecule has 0 spiro atoms. The molecule has 0 aliphatic carbocycles. The van der Waals surface area contributed by atoms with E-state index in [0.29, 0.717) is 6.04 Å². The normalized spacial score (nSPS) is 22.9. The zero-order valence-corrected chi connectivity index (χ0v) is 11.2. The Labute approximate surface area is 102 Å². The SMILES string of the molecule is Cc1nc([C@H]2CCCN2CC(C)(C)N)cs1. The maximum atomic E-state index is 6.10. The van der Waals surface area contributed by atoms with Crippen molar-refractivity contribution in [1.82, 2.24) is 9.88 Å². The van der Waals surface area contributed by atoms with Crippen LogP contribution < -0.4 is 5.73 Å². The lowest BCUT2D eigenvalue weighted by Crippen LogP contribution is -2.45. The van der Waals surface area contributed by atoms with Crippen LogP contribution in [0, 0.1) is 6.92 Å². The van der Waals surface area contributed by atoms with Crippen molar-refractivity contribution >= 4 is 11.3 Å². The number of hydrogen-bond donors (Lipinski definition) is 1. The van der Waals surface area contributed by atoms with Crippen LogP contribution in [0.5, 0.6) is 0 Å². The number of aromatic nitrogens is 1. The van der Waals surface area contributed by atoms with Crippen LogP contribution in [0.4, 0.5) is 0 Å². The van der Waals surface area contributed by atoms with Crippen LogP contribution in [-0.2, 0) is 0 Å². The molecular weight excluding hydrogens is 218 g/mol. The predicted molar refractivity (Wildman–Crippen MR) is 68.7 cm³/mol. The number of aryl methyl sites for hydroxylation is 1. The molecule has 4 heteroatoms. The molecule has 90 valence electrons. The summed E-state index contributed by atoms with van der Waals surface area (Å²) < 4.78 is 0. The fraction of sp³-hybridized carbons (Fsp3) is 0.750. The fourth-order valence-corrected chi connectivity index (χ4v) is 3.07. The molecule has 16 heavy (non-hydrogen) atoms. The van der Waals surface area contributed by atoms with E-state index in [9.17, 15) is 0 Å². The summed E-state index contributed by atoms with van der Waals surface area (Å²) in [4.78, 5) is 7.09. The second-order valence-electron chi connectivity index (χ2n) is 5.41. The second-order valence-corrected chi connectivity index (χ2v) is 6.47. The number of likely N-dealkylation sites (tertiary alicyclic amines) is 1. The molecule has 0 amide bonds. The van der Waals surface area contributed by atoms with Crippen molar-refractivity contribution in [3.05, 3.63) is 16.1 Å². The Balaban J connectivity index is 2.09. The minimum atomic E-state index is -0.117. The van der Waals surface area contributed by atoms with Gasteiger partial charge in [0.1, 0.15) is 0 Å². The van der Waals surface area contributed by atoms with Gasteiger partial charge in [0, 0.05) is 17.5 Å². The second kappa shape index (κ2) is 4.43. The average molecular weight is 239 g/mol. The van der Waals surface area contributed by atoms with Crippen LogP contribution in [-0.4, -0.2) is 28.5 Å². The molecule has 1 fully saturated rings. The van der Waals surface area contributed by atoms with Gasteiger partial charge in [0.25, 0.3) is 0 Å². The minimum absolute atomic E-state index is 0.117. The standard InChI is InChI=1S/C12H21N3S/c1-9-14-10(7-16-9)11-5-4-6-15(11)8-12(2,3)13/h7,11H,4-6,8,13H2,1-3H3/t11-/m1/s1. The molecule has 2 rings (SSSR count). The summed E-state index contributed by atoms with van der Waals surface area (Å²) in [5.41, 5.74) is 7.22. The number of thiazole rings is 1. The monoisotopic (exact) mass is 239 g/mol. The van der Waals surface area contributed by atoms with Crippen molar-refractivity contribution in [2.45, 2.75) is 45.2 Å². The number of nitrogens with two attached hydrogens (primary N) is 1. The molecule has 3 nitrogen and oxygen atoms in total. The smallest absolute Gasteiger partial charge is 0.0898 e. The maximum absolute atomic E-state index is 6.10. The number of hydrogen-bond acceptors (Lipinski definition) is 4. The van der Waals surface area contributed by atoms with Gasteiger partial charge in [0.05, 0.1) is 16.7 Å². The zero-order valence-electron chi connectivity index (χ0n) is 10.4. The average Bonchev–Trinajstić information content (AvgIpc) is 2.71. The van der Waals surface area contributed by atoms with Crippen LogP contribution in [0.1, 0.15) is 43.4 Å². The fourth-order valence-electron chi connectivity index (χ4n) is 2.41. The molecule has 1 aromatic rings. The lowest BCUT2D eigenvalue weighted by Gasteiger charge is -2.30. The van der Waals surface area contributed by atoms with Crippen molar-refractivity contribution in [2.75, 3.05) is 13.1 Å². The first kappa shape index (κ1) is 12.0. The van der Waals surface area contributed by atoms with Crippen molar-refractivity contribution in [3.8, 4) is 0 Å². The van der Waals surface area contributed by atoms with E-state index >= 15 is 0 Å². The highest BCUT2D eigenvalue weighted by molar-refractivity contribution is 7.09. The first-order valence-corrected chi connectivity index (χ1v) is 6.79. The van der Waals surface area contributed by atoms with Gasteiger partial charge in [-0.3, -0.25) is 4.90 Å². The van der Waals surface area contributed by atoms with Gasteiger partial charge < -0.3 is 5.73 Å². The summed E-state index contributed by atoms with van der Waals surface area (Å²) in [5, 5.41) is 3.36. The molecule has 0 unspecified atom stereocenters. The summed E-state index contributed by atoms with van der Waals surface area (Å²) >= 11 is 1.74. The number of nitrogens with zero attached hydrogens (tertiary/aromatic N) is 2. The van der Waals surface area contributed by atoms with Gasteiger partial charge in [-0.2, -0.15) is 0 Å². The molecule has 1 saturated heterocycles. The Morgan fingerprint density at radius 1 is 1.62 bits per heavy atom. The van der Waals surface area contributed by atoms with Gasteiger partial charge in [-0.15, -0.1) is 11.3 Å². The molecule has 1 aliphatic heterocycles. The molecule has 0 aromatic carbocycles. The third-order valence-corrected chi connectivity index (χ3v) is 3.74. The Kier molecular flexibility index (Phi) is 3.33. The minimum Gasteiger partial charge on any atom is -0.324 e. The Bertz CT molecular complexity index is 353. The van der Waals surface area contributed by atoms with Gasteiger partial charge in [0.15, 0.2) is 0 Å². The molecular formula is C12H21N3S. The molecule has 2 heterocycles. The Morgan fingerprint density at radius 2 is 2.38 bits per heavy atom. The zero-order chi connectivity index (χ0) is 11.8. The molecule has 1 aliphatic rings. The van der Waals surface area contributed by atoms with Gasteiger partial charge >= 0.3 is 0 Å². The topological polar surface area (TPSA) is 42.2 Å². The quantitative estimate of drug-likeness (QED) is 0.880. The Hall–Kier alpha value is -0.450. The van der Waals surface area contributed by atoms with Crippen LogP contribution in [0.15, 0.2) is 5.38 Å². The summed E-state index contributed by atoms with van der Waals surface area (Å²) in [6.07, 6.45) is 2.48. The van der Waals surface area contributed by atoms with Crippen LogP contribution in [0.25, 0.3) is 0 Å². The summed E-state index contributed by atoms with van der Waals surface area (Å²) in [6.45, 7) is 8.36. The van der Waals surface area contributed by atoms with Crippen LogP contribution >= 0.6 is 11.3 Å². The maximum Gasteiger partial charge on any atom is 0.0898 e. The molecule has 1 aromatic heterocycles. The first-order chi connectivity index (χ1) is 7.46. The van der Waals surface area contributed by atoms with E-state index in [0.717, 1.165) is 18.1 Å². The van der Waals surface area contributed by atoms with Crippen molar-refractivity contribution in [1.29, 1.82) is 0 Å². The summed E-state index contributed by atoms with van der Waals surface area (Å²) in [7, 11) is 0. The van der Waals surface area contributed by atoms with E-state index in [2.05, 4.69) is 36.0 Å². The highest BCUT2D eigenvalue weighted by Crippen LogP contribution is 2.32. The van der Waals surface area contributed by atoms with E-state index in [1.54, 1.807) is 11.3 Å². The summed E-state index contributed by atoms with van der Waals surface area (Å²) in [5.74, 6) is 0. The number of rotatable bonds is 3. The van der Waals surface area contributed by atoms with E-state index in [1.807, 2.05) is 0 Å². The van der Waals surface area contributed by atoms with E-state index in [4.69, 9.17) is 5.73 Å². The van der Waals surface area contributed by atoms with Crippen molar-refractivity contribution in [2.24, 2.45) is 5.73 Å². The van der Waals surface area contributed by atoms with E-state index in [1.165, 1.54) is 18.5 Å². The largest absolute Gasteiger partial charge is 0.324 e. The highest BCUT2D eigenvalue weighted by atomic mass is 32.1. The third kappa shape index (κ3) is 2.81. The van der Waals surface area contributed by atoms with Crippen LogP contribution in [0.3, 0.4) is 0 Å². The molecule has 0 saturated carbocycles. The lowest BCUT2D eigenvalue weighted by atomic mass is 10.1. The molecule has 1 atom stereocenters. The third-order valence-electron chi connectivity index (χ3n) is 2.95. The van der Waals surface area contributed by atoms with E-state index in [-0.39, 0.29) is 5.54 Å². The molecule has 0 bridgehead atoms. The van der Waals surface area contributed by atoms with Gasteiger partial charge in [0.2, 0.25) is 0 Å². The lowest BCUT2D eigenvalue weighted by molar-refractivity contribution is 0.208. The van der Waals surface area contributed by atoms with Gasteiger partial charge in [-0.1, -0.05) is 0 Å². The predicted octanol–water partition coefficient (Wildman–Crippen LogP) is 2.33. The van der Waals surface area contributed by atoms with Gasteiger partial charge in [-0.25, -0.2) is 4.98 Å². The highest BCUT2D eigenvalue weighted by Gasteiger charge is 2.30. The van der Waals surface area contributed by atoms with Crippen molar-refractivity contribution in [3.63, 3.8) is 0 Å². The Morgan fingerprint density at radius 3 is 2.94 bits per heavy atom. The van der Waals surface area contributed by atoms with Crippen molar-refractivity contribution < 1.29 is 0 Å².